The maximum Gasteiger partial charge on any atom is 0.410 e. The average molecular weight is 327 g/mol. The molecule has 1 rings (SSSR count). The summed E-state index contributed by atoms with van der Waals surface area (Å²) in [5.74, 6) is 0.102. The van der Waals surface area contributed by atoms with Crippen LogP contribution in [0.5, 0.6) is 0 Å². The molecule has 1 heterocycles. The Kier molecular flexibility index (Phi) is 6.86. The number of hydrogen-bond donors (Lipinski definition) is 1. The normalized spacial score (nSPS) is 17.0. The van der Waals surface area contributed by atoms with Crippen molar-refractivity contribution < 1.29 is 14.3 Å². The molecule has 0 aromatic heterocycles. The van der Waals surface area contributed by atoms with Crippen molar-refractivity contribution in [1.29, 1.82) is 0 Å². The highest BCUT2D eigenvalue weighted by Crippen LogP contribution is 2.17. The minimum atomic E-state index is -0.453. The molecule has 1 fully saturated rings. The molecule has 1 N–H and O–H groups in total. The van der Waals surface area contributed by atoms with Crippen molar-refractivity contribution in [2.24, 2.45) is 5.41 Å². The second-order valence-corrected chi connectivity index (χ2v) is 8.40. The third-order valence-corrected chi connectivity index (χ3v) is 3.47. The van der Waals surface area contributed by atoms with E-state index >= 15 is 0 Å². The molecule has 0 bridgehead atoms. The number of nitrogens with zero attached hydrogens (tertiary/aromatic N) is 2. The molecule has 0 aromatic carbocycles. The number of piperazine rings is 1. The number of carbonyl (C=O) groups excluding carboxylic acids is 2. The van der Waals surface area contributed by atoms with Crippen LogP contribution in [0.2, 0.25) is 0 Å². The van der Waals surface area contributed by atoms with Gasteiger partial charge in [-0.05, 0) is 26.2 Å². The van der Waals surface area contributed by atoms with E-state index in [-0.39, 0.29) is 17.4 Å². The predicted molar refractivity (Wildman–Crippen MR) is 91.3 cm³/mol. The van der Waals surface area contributed by atoms with Crippen molar-refractivity contribution in [3.05, 3.63) is 0 Å². The summed E-state index contributed by atoms with van der Waals surface area (Å²) in [6.45, 7) is 16.2. The van der Waals surface area contributed by atoms with E-state index in [4.69, 9.17) is 4.74 Å². The lowest BCUT2D eigenvalue weighted by Gasteiger charge is -2.35. The summed E-state index contributed by atoms with van der Waals surface area (Å²) in [6.07, 6.45) is 0.301. The molecule has 0 unspecified atom stereocenters. The monoisotopic (exact) mass is 327 g/mol. The SMILES string of the molecule is CC(C)(C)CC(=O)NCCN1CCN(C(=O)OC(C)(C)C)CC1. The van der Waals surface area contributed by atoms with Gasteiger partial charge in [-0.15, -0.1) is 0 Å². The van der Waals surface area contributed by atoms with Crippen LogP contribution in [0.25, 0.3) is 0 Å². The average Bonchev–Trinajstić information content (AvgIpc) is 2.35. The quantitative estimate of drug-likeness (QED) is 0.859. The minimum absolute atomic E-state index is 0.0170. The molecule has 0 aromatic rings. The van der Waals surface area contributed by atoms with Gasteiger partial charge in [-0.2, -0.15) is 0 Å². The van der Waals surface area contributed by atoms with Crippen molar-refractivity contribution in [1.82, 2.24) is 15.1 Å². The van der Waals surface area contributed by atoms with E-state index in [2.05, 4.69) is 31.0 Å². The third kappa shape index (κ3) is 8.79. The fourth-order valence-electron chi connectivity index (χ4n) is 2.38. The van der Waals surface area contributed by atoms with Gasteiger partial charge in [-0.1, -0.05) is 20.8 Å². The number of rotatable bonds is 4. The lowest BCUT2D eigenvalue weighted by molar-refractivity contribution is -0.122. The van der Waals surface area contributed by atoms with Crippen LogP contribution in [0.1, 0.15) is 48.0 Å². The lowest BCUT2D eigenvalue weighted by atomic mass is 9.92. The number of hydrogen-bond acceptors (Lipinski definition) is 4. The molecule has 134 valence electrons. The van der Waals surface area contributed by atoms with Crippen LogP contribution in [-0.4, -0.2) is 66.7 Å². The summed E-state index contributed by atoms with van der Waals surface area (Å²) >= 11 is 0. The van der Waals surface area contributed by atoms with Crippen LogP contribution in [0.4, 0.5) is 4.79 Å². The third-order valence-electron chi connectivity index (χ3n) is 3.47. The summed E-state index contributed by atoms with van der Waals surface area (Å²) in [6, 6.07) is 0. The summed E-state index contributed by atoms with van der Waals surface area (Å²) in [7, 11) is 0. The smallest absolute Gasteiger partial charge is 0.410 e. The van der Waals surface area contributed by atoms with Gasteiger partial charge in [0.2, 0.25) is 5.91 Å². The van der Waals surface area contributed by atoms with E-state index in [9.17, 15) is 9.59 Å². The molecule has 0 radical (unpaired) electrons. The zero-order valence-electron chi connectivity index (χ0n) is 15.6. The van der Waals surface area contributed by atoms with Crippen LogP contribution in [0.15, 0.2) is 0 Å². The molecule has 2 amide bonds. The Balaban J connectivity index is 2.22. The number of ether oxygens (including phenoxy) is 1. The first-order valence-electron chi connectivity index (χ1n) is 8.43. The van der Waals surface area contributed by atoms with Crippen LogP contribution < -0.4 is 5.32 Å². The highest BCUT2D eigenvalue weighted by Gasteiger charge is 2.25. The van der Waals surface area contributed by atoms with Crippen molar-refractivity contribution >= 4 is 12.0 Å². The summed E-state index contributed by atoms with van der Waals surface area (Å²) < 4.78 is 5.38. The van der Waals surface area contributed by atoms with Gasteiger partial charge in [0.25, 0.3) is 0 Å². The fourth-order valence-corrected chi connectivity index (χ4v) is 2.38. The highest BCUT2D eigenvalue weighted by molar-refractivity contribution is 5.76. The van der Waals surface area contributed by atoms with Crippen molar-refractivity contribution in [3.8, 4) is 0 Å². The van der Waals surface area contributed by atoms with E-state index in [1.165, 1.54) is 0 Å². The van der Waals surface area contributed by atoms with E-state index in [0.29, 0.717) is 26.1 Å². The molecule has 6 nitrogen and oxygen atoms in total. The van der Waals surface area contributed by atoms with Gasteiger partial charge in [0.05, 0.1) is 0 Å². The van der Waals surface area contributed by atoms with Crippen LogP contribution >= 0.6 is 0 Å². The second kappa shape index (κ2) is 7.99. The Morgan fingerprint density at radius 3 is 2.04 bits per heavy atom. The second-order valence-electron chi connectivity index (χ2n) is 8.40. The largest absolute Gasteiger partial charge is 0.444 e. The number of nitrogens with one attached hydrogen (secondary N) is 1. The Morgan fingerprint density at radius 1 is 1.00 bits per heavy atom. The first-order valence-corrected chi connectivity index (χ1v) is 8.43. The zero-order valence-corrected chi connectivity index (χ0v) is 15.6. The molecule has 23 heavy (non-hydrogen) atoms. The van der Waals surface area contributed by atoms with Gasteiger partial charge in [0.15, 0.2) is 0 Å². The molecule has 1 saturated heterocycles. The first-order chi connectivity index (χ1) is 10.5. The van der Waals surface area contributed by atoms with Crippen LogP contribution in [-0.2, 0) is 9.53 Å². The number of carbonyl (C=O) groups is 2. The summed E-state index contributed by atoms with van der Waals surface area (Å²) in [4.78, 5) is 27.8. The topological polar surface area (TPSA) is 61.9 Å². The summed E-state index contributed by atoms with van der Waals surface area (Å²) in [5.41, 5.74) is -0.436. The Bertz CT molecular complexity index is 400. The van der Waals surface area contributed by atoms with Gasteiger partial charge >= 0.3 is 6.09 Å². The predicted octanol–water partition coefficient (Wildman–Crippen LogP) is 2.09. The van der Waals surface area contributed by atoms with Crippen molar-refractivity contribution in [3.63, 3.8) is 0 Å². The fraction of sp³-hybridized carbons (Fsp3) is 0.882. The molecule has 0 saturated carbocycles. The van der Waals surface area contributed by atoms with Crippen molar-refractivity contribution in [2.45, 2.75) is 53.6 Å². The van der Waals surface area contributed by atoms with E-state index < -0.39 is 5.60 Å². The standard InChI is InChI=1S/C17H33N3O3/c1-16(2,3)13-14(21)18-7-8-19-9-11-20(12-10-19)15(22)23-17(4,5)6/h7-13H2,1-6H3,(H,18,21). The van der Waals surface area contributed by atoms with Crippen LogP contribution in [0.3, 0.4) is 0 Å². The van der Waals surface area contributed by atoms with Crippen molar-refractivity contribution in [2.75, 3.05) is 39.3 Å². The molecule has 0 spiro atoms. The molecular weight excluding hydrogens is 294 g/mol. The number of amides is 2. The first kappa shape index (κ1) is 19.7. The molecule has 0 atom stereocenters. The molecule has 1 aliphatic heterocycles. The molecule has 1 aliphatic rings. The van der Waals surface area contributed by atoms with Gasteiger partial charge in [-0.25, -0.2) is 4.79 Å². The molecule has 0 aliphatic carbocycles. The Morgan fingerprint density at radius 2 is 1.57 bits per heavy atom. The Labute approximate surface area is 140 Å². The zero-order chi connectivity index (χ0) is 17.7. The van der Waals surface area contributed by atoms with E-state index in [0.717, 1.165) is 19.6 Å². The van der Waals surface area contributed by atoms with Crippen LogP contribution in [0, 0.1) is 5.41 Å². The van der Waals surface area contributed by atoms with Gasteiger partial charge in [0.1, 0.15) is 5.60 Å². The molecule has 6 heteroatoms. The van der Waals surface area contributed by atoms with Gasteiger partial charge in [0, 0.05) is 45.7 Å². The van der Waals surface area contributed by atoms with E-state index in [1.807, 2.05) is 20.8 Å². The highest BCUT2D eigenvalue weighted by atomic mass is 16.6. The van der Waals surface area contributed by atoms with Gasteiger partial charge in [-0.3, -0.25) is 9.69 Å². The lowest BCUT2D eigenvalue weighted by Crippen LogP contribution is -2.51. The van der Waals surface area contributed by atoms with E-state index in [1.54, 1.807) is 4.90 Å². The molecular formula is C17H33N3O3. The summed E-state index contributed by atoms with van der Waals surface area (Å²) in [5, 5.41) is 2.97. The minimum Gasteiger partial charge on any atom is -0.444 e. The maximum absolute atomic E-state index is 12.0. The van der Waals surface area contributed by atoms with Gasteiger partial charge < -0.3 is 15.0 Å². The Hall–Kier alpha value is -1.30. The maximum atomic E-state index is 12.0.